The zero-order chi connectivity index (χ0) is 44.2. The summed E-state index contributed by atoms with van der Waals surface area (Å²) in [6.07, 6.45) is 0. The smallest absolute Gasteiger partial charge is 0.257 e. The molecule has 2 aromatic heterocycles. The van der Waals surface area contributed by atoms with Crippen molar-refractivity contribution in [3.63, 3.8) is 0 Å². The van der Waals surface area contributed by atoms with Gasteiger partial charge in [-0.3, -0.25) is 9.97 Å². The molecule has 0 radical (unpaired) electrons. The second-order valence-corrected chi connectivity index (χ2v) is 17.4. The average Bonchev–Trinajstić information content (AvgIpc) is 3.85. The molecule has 0 N–H and O–H groups in total. The van der Waals surface area contributed by atoms with Gasteiger partial charge in [0.25, 0.3) is 0 Å². The fraction of sp³-hybridized carbons (Fsp3) is 0.0625. The third-order valence-corrected chi connectivity index (χ3v) is 13.8. The van der Waals surface area contributed by atoms with E-state index in [0.29, 0.717) is 0 Å². The van der Waals surface area contributed by atoms with Gasteiger partial charge in [-0.25, -0.2) is 0 Å². The van der Waals surface area contributed by atoms with Gasteiger partial charge in [0.2, 0.25) is 0 Å². The van der Waals surface area contributed by atoms with Gasteiger partial charge in [-0.2, -0.15) is 0 Å². The molecular formula is C64H44N2Pt. The molecule has 0 amide bonds. The van der Waals surface area contributed by atoms with Crippen LogP contribution < -0.4 is 0 Å². The van der Waals surface area contributed by atoms with E-state index in [1.54, 1.807) is 0 Å². The Morgan fingerprint density at radius 1 is 0.328 bits per heavy atom. The van der Waals surface area contributed by atoms with E-state index < -0.39 is 10.8 Å². The summed E-state index contributed by atoms with van der Waals surface area (Å²) in [6.45, 7) is 4.17. The van der Waals surface area contributed by atoms with Crippen LogP contribution in [0.5, 0.6) is 0 Å². The van der Waals surface area contributed by atoms with Crippen molar-refractivity contribution < 1.29 is 21.1 Å². The van der Waals surface area contributed by atoms with Gasteiger partial charge in [-0.15, -0.1) is 76.4 Å². The summed E-state index contributed by atoms with van der Waals surface area (Å²) in [7, 11) is 0. The van der Waals surface area contributed by atoms with Gasteiger partial charge < -0.3 is 0 Å². The van der Waals surface area contributed by atoms with Gasteiger partial charge in [0.15, 0.2) is 0 Å². The standard InChI is InChI=1S/C64H44N2.Pt/c1-43-21-17-39-59(65-43)63(55-35-13-9-31-51(55)52-32-10-14-36-56(52)63)49-29-19-27-47(41-49)62(61(45-23-5-3-6-24-45)46-25-7-4-8-26-46)48-28-20-30-50(42-48)64(60-40-18-22-44(2)66-60)57-37-15-11-33-53(57)54-34-12-16-38-58(54)64;/h3-40H,1-2H3;/q-2;+2. The van der Waals surface area contributed by atoms with Crippen LogP contribution in [-0.2, 0) is 31.9 Å². The van der Waals surface area contributed by atoms with Crippen LogP contribution in [0.3, 0.4) is 0 Å². The molecule has 0 fully saturated rings. The Morgan fingerprint density at radius 3 is 1.01 bits per heavy atom. The van der Waals surface area contributed by atoms with Crippen LogP contribution in [0.4, 0.5) is 0 Å². The van der Waals surface area contributed by atoms with Gasteiger partial charge in [-0.1, -0.05) is 170 Å². The van der Waals surface area contributed by atoms with Crippen LogP contribution in [0.1, 0.15) is 78.4 Å². The van der Waals surface area contributed by atoms with E-state index >= 15 is 0 Å². The minimum absolute atomic E-state index is 0. The molecule has 0 spiro atoms. The van der Waals surface area contributed by atoms with Crippen molar-refractivity contribution >= 4 is 11.1 Å². The molecule has 3 heteroatoms. The molecular weight excluding hydrogens is 992 g/mol. The van der Waals surface area contributed by atoms with E-state index in [0.717, 1.165) is 67.3 Å². The number of benzene rings is 8. The number of pyridine rings is 2. The van der Waals surface area contributed by atoms with Gasteiger partial charge in [0, 0.05) is 11.4 Å². The molecule has 8 aromatic carbocycles. The van der Waals surface area contributed by atoms with Crippen molar-refractivity contribution in [2.75, 3.05) is 0 Å². The van der Waals surface area contributed by atoms with E-state index in [-0.39, 0.29) is 21.1 Å². The Morgan fingerprint density at radius 2 is 0.657 bits per heavy atom. The second-order valence-electron chi connectivity index (χ2n) is 17.4. The van der Waals surface area contributed by atoms with Crippen molar-refractivity contribution in [1.29, 1.82) is 0 Å². The van der Waals surface area contributed by atoms with Gasteiger partial charge in [0.1, 0.15) is 0 Å². The second kappa shape index (κ2) is 17.0. The maximum atomic E-state index is 5.36. The number of nitrogens with zero attached hydrogens (tertiary/aromatic N) is 2. The molecule has 0 saturated carbocycles. The van der Waals surface area contributed by atoms with Gasteiger partial charge in [0.05, 0.1) is 22.2 Å². The molecule has 0 aliphatic heterocycles. The predicted molar refractivity (Wildman–Crippen MR) is 268 cm³/mol. The molecule has 2 aliphatic carbocycles. The fourth-order valence-corrected chi connectivity index (χ4v) is 11.1. The summed E-state index contributed by atoms with van der Waals surface area (Å²) < 4.78 is 0. The molecule has 0 bridgehead atoms. The number of hydrogen-bond acceptors (Lipinski definition) is 2. The topological polar surface area (TPSA) is 25.8 Å². The van der Waals surface area contributed by atoms with E-state index in [2.05, 4.69) is 257 Å². The van der Waals surface area contributed by atoms with E-state index in [9.17, 15) is 0 Å². The molecule has 10 aromatic rings. The summed E-state index contributed by atoms with van der Waals surface area (Å²) in [4.78, 5) is 10.7. The van der Waals surface area contributed by atoms with Gasteiger partial charge in [-0.05, 0) is 99.3 Å². The Balaban J connectivity index is 0.00000494. The average molecular weight is 1040 g/mol. The quantitative estimate of drug-likeness (QED) is 0.112. The van der Waals surface area contributed by atoms with Crippen molar-refractivity contribution in [3.8, 4) is 22.3 Å². The maximum Gasteiger partial charge on any atom is 2.00 e. The van der Waals surface area contributed by atoms with Crippen LogP contribution in [-0.4, -0.2) is 9.97 Å². The summed E-state index contributed by atoms with van der Waals surface area (Å²) in [5.74, 6) is 0. The van der Waals surface area contributed by atoms with E-state index in [1.165, 1.54) is 44.5 Å². The van der Waals surface area contributed by atoms with Crippen LogP contribution in [0.15, 0.2) is 231 Å². The predicted octanol–water partition coefficient (Wildman–Crippen LogP) is 14.4. The number of rotatable bonds is 8. The summed E-state index contributed by atoms with van der Waals surface area (Å²) >= 11 is 0. The van der Waals surface area contributed by atoms with E-state index in [1.807, 2.05) is 0 Å². The first kappa shape index (κ1) is 42.1. The zero-order valence-electron chi connectivity index (χ0n) is 37.1. The number of aryl methyl sites for hydroxylation is 2. The first-order valence-corrected chi connectivity index (χ1v) is 22.8. The first-order valence-electron chi connectivity index (χ1n) is 22.8. The van der Waals surface area contributed by atoms with Crippen LogP contribution in [0, 0.1) is 26.0 Å². The number of fused-ring (bicyclic) bond motifs is 6. The minimum atomic E-state index is -0.732. The first-order chi connectivity index (χ1) is 32.6. The molecule has 2 nitrogen and oxygen atoms in total. The van der Waals surface area contributed by atoms with Gasteiger partial charge >= 0.3 is 21.1 Å². The third-order valence-electron chi connectivity index (χ3n) is 13.8. The zero-order valence-corrected chi connectivity index (χ0v) is 39.4. The molecule has 2 heterocycles. The minimum Gasteiger partial charge on any atom is -0.257 e. The summed E-state index contributed by atoms with van der Waals surface area (Å²) in [5.41, 5.74) is 20.5. The molecule has 0 saturated heterocycles. The molecule has 67 heavy (non-hydrogen) atoms. The SMILES string of the molecule is Cc1cccc(C2(c3[c-]c(C(=C(c4ccccc4)c4ccccc4)c4[c-]c(C5(c6cccc(C)n6)c6ccccc6-c6ccccc65)ccc4)ccc3)c3ccccc3-c3ccccc32)n1.[Pt+2]. The summed E-state index contributed by atoms with van der Waals surface area (Å²) in [6, 6.07) is 91.5. The molecule has 0 atom stereocenters. The number of hydrogen-bond donors (Lipinski definition) is 0. The Kier molecular flexibility index (Phi) is 10.7. The molecule has 12 rings (SSSR count). The van der Waals surface area contributed by atoms with Crippen LogP contribution in [0.25, 0.3) is 33.4 Å². The van der Waals surface area contributed by atoms with Crippen molar-refractivity contribution in [2.24, 2.45) is 0 Å². The molecule has 320 valence electrons. The number of aromatic nitrogens is 2. The molecule has 2 aliphatic rings. The fourth-order valence-electron chi connectivity index (χ4n) is 11.1. The molecule has 0 unspecified atom stereocenters. The Bertz CT molecular complexity index is 3190. The van der Waals surface area contributed by atoms with Crippen molar-refractivity contribution in [3.05, 3.63) is 321 Å². The van der Waals surface area contributed by atoms with Crippen molar-refractivity contribution in [1.82, 2.24) is 9.97 Å². The Hall–Kier alpha value is -7.51. The normalized spacial score (nSPS) is 13.3. The largest absolute Gasteiger partial charge is 2.00 e. The Labute approximate surface area is 407 Å². The van der Waals surface area contributed by atoms with Crippen molar-refractivity contribution in [2.45, 2.75) is 24.7 Å². The third kappa shape index (κ3) is 6.57. The summed E-state index contributed by atoms with van der Waals surface area (Å²) in [5, 5.41) is 0. The van der Waals surface area contributed by atoms with Crippen LogP contribution >= 0.6 is 0 Å². The van der Waals surface area contributed by atoms with E-state index in [4.69, 9.17) is 9.97 Å². The van der Waals surface area contributed by atoms with Crippen LogP contribution in [0.2, 0.25) is 0 Å². The maximum absolute atomic E-state index is 5.36. The monoisotopic (exact) mass is 1040 g/mol.